The van der Waals surface area contributed by atoms with Crippen molar-refractivity contribution in [3.63, 3.8) is 0 Å². The Morgan fingerprint density at radius 1 is 1.03 bits per heavy atom. The lowest BCUT2D eigenvalue weighted by atomic mass is 9.97. The van der Waals surface area contributed by atoms with Gasteiger partial charge in [0.15, 0.2) is 0 Å². The summed E-state index contributed by atoms with van der Waals surface area (Å²) in [4.78, 5) is 14.8. The summed E-state index contributed by atoms with van der Waals surface area (Å²) >= 11 is 6.16. The summed E-state index contributed by atoms with van der Waals surface area (Å²) in [5.41, 5.74) is 1.63. The van der Waals surface area contributed by atoms with Gasteiger partial charge in [0, 0.05) is 37.1 Å². The molecule has 31 heavy (non-hydrogen) atoms. The zero-order valence-corrected chi connectivity index (χ0v) is 18.6. The van der Waals surface area contributed by atoms with Crippen LogP contribution in [0.4, 0.5) is 15.8 Å². The zero-order chi connectivity index (χ0) is 22.0. The Labute approximate surface area is 187 Å². The van der Waals surface area contributed by atoms with Crippen LogP contribution in [-0.2, 0) is 14.8 Å². The van der Waals surface area contributed by atoms with Crippen LogP contribution in [0.5, 0.6) is 0 Å². The van der Waals surface area contributed by atoms with E-state index in [9.17, 15) is 17.6 Å². The third-order valence-corrected chi connectivity index (χ3v) is 8.11. The van der Waals surface area contributed by atoms with Crippen LogP contribution >= 0.6 is 11.6 Å². The fraction of sp³-hybridized carbons (Fsp3) is 0.409. The molecule has 0 spiro atoms. The molecule has 2 heterocycles. The van der Waals surface area contributed by atoms with Gasteiger partial charge in [0.05, 0.1) is 11.4 Å². The van der Waals surface area contributed by atoms with Crippen molar-refractivity contribution in [2.75, 3.05) is 36.4 Å². The van der Waals surface area contributed by atoms with Crippen LogP contribution in [0.3, 0.4) is 0 Å². The standard InChI is InChI=1S/C22H25ClFN3O3S/c23-17-7-8-20(26-11-3-4-12-26)19(15-17)25-22(28)16-9-13-27(14-10-16)31(29,30)21-6-2-1-5-18(21)24/h1-2,5-8,15-16H,3-4,9-14H2,(H,25,28). The summed E-state index contributed by atoms with van der Waals surface area (Å²) in [5.74, 6) is -1.24. The molecule has 2 saturated heterocycles. The molecule has 9 heteroatoms. The van der Waals surface area contributed by atoms with Crippen LogP contribution < -0.4 is 10.2 Å². The molecule has 2 aromatic carbocycles. The van der Waals surface area contributed by atoms with E-state index in [1.54, 1.807) is 6.07 Å². The number of anilines is 2. The lowest BCUT2D eigenvalue weighted by molar-refractivity contribution is -0.120. The molecule has 2 fully saturated rings. The quantitative estimate of drug-likeness (QED) is 0.721. The van der Waals surface area contributed by atoms with Gasteiger partial charge in [-0.1, -0.05) is 23.7 Å². The zero-order valence-electron chi connectivity index (χ0n) is 17.1. The summed E-state index contributed by atoms with van der Waals surface area (Å²) in [6, 6.07) is 10.9. The number of hydrogen-bond acceptors (Lipinski definition) is 4. The van der Waals surface area contributed by atoms with Gasteiger partial charge in [-0.2, -0.15) is 4.31 Å². The molecule has 2 aromatic rings. The molecular formula is C22H25ClFN3O3S. The second-order valence-electron chi connectivity index (χ2n) is 7.95. The van der Waals surface area contributed by atoms with Gasteiger partial charge >= 0.3 is 0 Å². The molecule has 1 amide bonds. The molecule has 2 aliphatic rings. The Morgan fingerprint density at radius 3 is 2.39 bits per heavy atom. The van der Waals surface area contributed by atoms with E-state index in [1.807, 2.05) is 12.1 Å². The van der Waals surface area contributed by atoms with Crippen LogP contribution in [0.2, 0.25) is 5.02 Å². The molecule has 0 bridgehead atoms. The first-order chi connectivity index (χ1) is 14.9. The first-order valence-electron chi connectivity index (χ1n) is 10.5. The first-order valence-corrected chi connectivity index (χ1v) is 12.3. The maximum atomic E-state index is 14.0. The summed E-state index contributed by atoms with van der Waals surface area (Å²) in [6.07, 6.45) is 2.98. The van der Waals surface area contributed by atoms with Crippen molar-refractivity contribution in [3.8, 4) is 0 Å². The van der Waals surface area contributed by atoms with E-state index in [4.69, 9.17) is 11.6 Å². The van der Waals surface area contributed by atoms with Crippen molar-refractivity contribution in [2.45, 2.75) is 30.6 Å². The second kappa shape index (κ2) is 9.14. The van der Waals surface area contributed by atoms with Crippen molar-refractivity contribution < 1.29 is 17.6 Å². The van der Waals surface area contributed by atoms with Gasteiger partial charge in [0.1, 0.15) is 10.7 Å². The number of hydrogen-bond donors (Lipinski definition) is 1. The lowest BCUT2D eigenvalue weighted by Crippen LogP contribution is -2.41. The third kappa shape index (κ3) is 4.71. The maximum Gasteiger partial charge on any atom is 0.245 e. The van der Waals surface area contributed by atoms with E-state index >= 15 is 0 Å². The highest BCUT2D eigenvalue weighted by Gasteiger charge is 2.33. The largest absolute Gasteiger partial charge is 0.370 e. The topological polar surface area (TPSA) is 69.7 Å². The minimum Gasteiger partial charge on any atom is -0.370 e. The van der Waals surface area contributed by atoms with E-state index in [-0.39, 0.29) is 29.8 Å². The number of carbonyl (C=O) groups excluding carboxylic acids is 1. The summed E-state index contributed by atoms with van der Waals surface area (Å²) in [5, 5.41) is 3.54. The Hall–Kier alpha value is -2.16. The van der Waals surface area contributed by atoms with Crippen molar-refractivity contribution >= 4 is 38.9 Å². The van der Waals surface area contributed by atoms with Crippen molar-refractivity contribution in [1.82, 2.24) is 4.31 Å². The predicted octanol–water partition coefficient (Wildman–Crippen LogP) is 4.12. The highest BCUT2D eigenvalue weighted by molar-refractivity contribution is 7.89. The number of nitrogens with one attached hydrogen (secondary N) is 1. The summed E-state index contributed by atoms with van der Waals surface area (Å²) in [7, 11) is -3.92. The van der Waals surface area contributed by atoms with Crippen LogP contribution in [0.25, 0.3) is 0 Å². The minimum absolute atomic E-state index is 0.148. The molecule has 0 aliphatic carbocycles. The van der Waals surface area contributed by atoms with Gasteiger partial charge in [-0.15, -0.1) is 0 Å². The summed E-state index contributed by atoms with van der Waals surface area (Å²) < 4.78 is 40.8. The number of sulfonamides is 1. The van der Waals surface area contributed by atoms with Crippen molar-refractivity contribution in [2.24, 2.45) is 5.92 Å². The molecular weight excluding hydrogens is 441 g/mol. The number of piperidine rings is 1. The molecule has 1 N–H and O–H groups in total. The van der Waals surface area contributed by atoms with E-state index in [0.29, 0.717) is 23.6 Å². The summed E-state index contributed by atoms with van der Waals surface area (Å²) in [6.45, 7) is 2.22. The molecule has 0 radical (unpaired) electrons. The average molecular weight is 466 g/mol. The van der Waals surface area contributed by atoms with Crippen LogP contribution in [0.1, 0.15) is 25.7 Å². The molecule has 6 nitrogen and oxygen atoms in total. The third-order valence-electron chi connectivity index (χ3n) is 5.94. The molecule has 166 valence electrons. The number of rotatable bonds is 5. The highest BCUT2D eigenvalue weighted by Crippen LogP contribution is 2.33. The van der Waals surface area contributed by atoms with E-state index in [1.165, 1.54) is 22.5 Å². The van der Waals surface area contributed by atoms with Crippen LogP contribution in [0.15, 0.2) is 47.4 Å². The monoisotopic (exact) mass is 465 g/mol. The fourth-order valence-corrected chi connectivity index (χ4v) is 5.94. The molecule has 2 aliphatic heterocycles. The van der Waals surface area contributed by atoms with Gasteiger partial charge in [-0.25, -0.2) is 12.8 Å². The number of benzene rings is 2. The number of amides is 1. The van der Waals surface area contributed by atoms with Gasteiger partial charge in [-0.3, -0.25) is 4.79 Å². The molecule has 0 saturated carbocycles. The van der Waals surface area contributed by atoms with E-state index < -0.39 is 15.8 Å². The van der Waals surface area contributed by atoms with Gasteiger partial charge in [0.2, 0.25) is 15.9 Å². The first kappa shape index (κ1) is 22.0. The smallest absolute Gasteiger partial charge is 0.245 e. The predicted molar refractivity (Wildman–Crippen MR) is 119 cm³/mol. The number of nitrogens with zero attached hydrogens (tertiary/aromatic N) is 2. The molecule has 0 aromatic heterocycles. The normalized spacial score (nSPS) is 18.3. The van der Waals surface area contributed by atoms with Crippen LogP contribution in [-0.4, -0.2) is 44.8 Å². The van der Waals surface area contributed by atoms with Crippen molar-refractivity contribution in [3.05, 3.63) is 53.3 Å². The van der Waals surface area contributed by atoms with Crippen molar-refractivity contribution in [1.29, 1.82) is 0 Å². The van der Waals surface area contributed by atoms with E-state index in [0.717, 1.165) is 37.7 Å². The Morgan fingerprint density at radius 2 is 1.71 bits per heavy atom. The fourth-order valence-electron chi connectivity index (χ4n) is 4.23. The van der Waals surface area contributed by atoms with Gasteiger partial charge in [0.25, 0.3) is 0 Å². The minimum atomic E-state index is -3.92. The SMILES string of the molecule is O=C(Nc1cc(Cl)ccc1N1CCCC1)C1CCN(S(=O)(=O)c2ccccc2F)CC1. The average Bonchev–Trinajstić information content (AvgIpc) is 3.29. The van der Waals surface area contributed by atoms with E-state index in [2.05, 4.69) is 10.2 Å². The molecule has 4 rings (SSSR count). The Bertz CT molecular complexity index is 1070. The number of carbonyl (C=O) groups is 1. The number of halogens is 2. The highest BCUT2D eigenvalue weighted by atomic mass is 35.5. The van der Waals surface area contributed by atoms with Crippen LogP contribution in [0, 0.1) is 11.7 Å². The maximum absolute atomic E-state index is 14.0. The molecule has 0 atom stereocenters. The lowest BCUT2D eigenvalue weighted by Gasteiger charge is -2.31. The Kier molecular flexibility index (Phi) is 6.50. The second-order valence-corrected chi connectivity index (χ2v) is 10.3. The van der Waals surface area contributed by atoms with Gasteiger partial charge < -0.3 is 10.2 Å². The molecule has 0 unspecified atom stereocenters. The Balaban J connectivity index is 1.43. The van der Waals surface area contributed by atoms with Gasteiger partial charge in [-0.05, 0) is 56.0 Å².